The van der Waals surface area contributed by atoms with Gasteiger partial charge in [0.1, 0.15) is 6.11 Å². The van der Waals surface area contributed by atoms with E-state index in [2.05, 4.69) is 27.4 Å². The maximum absolute atomic E-state index is 11.5. The van der Waals surface area contributed by atoms with Crippen molar-refractivity contribution >= 4 is 5.97 Å². The predicted molar refractivity (Wildman–Crippen MR) is 79.8 cm³/mol. The molecule has 0 saturated heterocycles. The van der Waals surface area contributed by atoms with E-state index < -0.39 is 17.9 Å². The highest BCUT2D eigenvalue weighted by Crippen LogP contribution is 2.29. The third kappa shape index (κ3) is 9.94. The summed E-state index contributed by atoms with van der Waals surface area (Å²) in [7, 11) is 0. The van der Waals surface area contributed by atoms with Gasteiger partial charge in [-0.05, 0) is 32.6 Å². The quantitative estimate of drug-likeness (QED) is 0.172. The van der Waals surface area contributed by atoms with E-state index in [0.717, 1.165) is 6.42 Å². The van der Waals surface area contributed by atoms with Crippen molar-refractivity contribution in [2.45, 2.75) is 59.9 Å². The van der Waals surface area contributed by atoms with Crippen molar-refractivity contribution in [2.75, 3.05) is 6.61 Å². The van der Waals surface area contributed by atoms with Gasteiger partial charge < -0.3 is 9.47 Å². The number of carbonyl (C=O) groups excluding carboxylic acids is 1. The van der Waals surface area contributed by atoms with E-state index in [9.17, 15) is 4.79 Å². The fraction of sp³-hybridized carbons (Fsp3) is 0.688. The van der Waals surface area contributed by atoms with Gasteiger partial charge in [-0.3, -0.25) is 0 Å². The molecule has 0 fully saturated rings. The zero-order chi connectivity index (χ0) is 16.7. The lowest BCUT2D eigenvalue weighted by atomic mass is 9.84. The molecule has 1 unspecified atom stereocenters. The summed E-state index contributed by atoms with van der Waals surface area (Å²) in [6.07, 6.45) is 6.69. The topological polar surface area (TPSA) is 54.0 Å². The first kappa shape index (κ1) is 19.5. The number of carbonyl (C=O) groups is 1. The number of esters is 1. The maximum Gasteiger partial charge on any atom is 0.335 e. The molecule has 0 rings (SSSR count). The van der Waals surface area contributed by atoms with Gasteiger partial charge in [0.15, 0.2) is 6.61 Å². The summed E-state index contributed by atoms with van der Waals surface area (Å²) in [4.78, 5) is 22.1. The van der Waals surface area contributed by atoms with Gasteiger partial charge in [0.25, 0.3) is 6.29 Å². The molecule has 5 heteroatoms. The van der Waals surface area contributed by atoms with Crippen LogP contribution in [0.4, 0.5) is 0 Å². The third-order valence-electron chi connectivity index (χ3n) is 2.23. The number of terminal acetylenes is 1. The van der Waals surface area contributed by atoms with Crippen molar-refractivity contribution in [3.8, 4) is 12.5 Å². The van der Waals surface area contributed by atoms with Crippen LogP contribution in [-0.2, 0) is 24.0 Å². The summed E-state index contributed by atoms with van der Waals surface area (Å²) in [5.74, 6) is -0.599. The van der Waals surface area contributed by atoms with Crippen LogP contribution >= 0.6 is 0 Å². The normalized spacial score (nSPS) is 13.2. The summed E-state index contributed by atoms with van der Waals surface area (Å²) in [5.41, 5.74) is -0.243. The first-order valence-corrected chi connectivity index (χ1v) is 6.75. The van der Waals surface area contributed by atoms with Crippen molar-refractivity contribution in [1.82, 2.24) is 0 Å². The molecular weight excluding hydrogens is 272 g/mol. The molecule has 0 saturated carbocycles. The maximum atomic E-state index is 11.5. The van der Waals surface area contributed by atoms with E-state index in [1.165, 1.54) is 6.92 Å². The molecule has 0 amide bonds. The summed E-state index contributed by atoms with van der Waals surface area (Å²) >= 11 is 0. The minimum atomic E-state index is -1.05. The Balaban J connectivity index is 4.57. The number of hydrogen-bond donors (Lipinski definition) is 0. The van der Waals surface area contributed by atoms with Crippen molar-refractivity contribution in [2.24, 2.45) is 5.41 Å². The molecule has 0 aliphatic rings. The van der Waals surface area contributed by atoms with Crippen molar-refractivity contribution in [3.05, 3.63) is 12.2 Å². The average Bonchev–Trinajstić information content (AvgIpc) is 2.29. The summed E-state index contributed by atoms with van der Waals surface area (Å²) in [6.45, 7) is 15.0. The first-order valence-electron chi connectivity index (χ1n) is 6.75. The molecule has 120 valence electrons. The highest BCUT2D eigenvalue weighted by Gasteiger charge is 2.29. The van der Waals surface area contributed by atoms with Gasteiger partial charge in [-0.1, -0.05) is 33.8 Å². The van der Waals surface area contributed by atoms with Gasteiger partial charge in [0.05, 0.1) is 5.60 Å². The van der Waals surface area contributed by atoms with Crippen LogP contribution < -0.4 is 0 Å². The Morgan fingerprint density at radius 2 is 1.86 bits per heavy atom. The second-order valence-corrected chi connectivity index (χ2v) is 6.72. The Labute approximate surface area is 127 Å². The van der Waals surface area contributed by atoms with Gasteiger partial charge in [-0.15, -0.1) is 0 Å². The van der Waals surface area contributed by atoms with E-state index in [1.54, 1.807) is 0 Å². The molecule has 0 radical (unpaired) electrons. The summed E-state index contributed by atoms with van der Waals surface area (Å²) in [6, 6.07) is 0. The first-order chi connectivity index (χ1) is 9.47. The average molecular weight is 298 g/mol. The second-order valence-electron chi connectivity index (χ2n) is 6.72. The van der Waals surface area contributed by atoms with Crippen LogP contribution in [0.5, 0.6) is 0 Å². The molecule has 0 bridgehead atoms. The molecule has 5 nitrogen and oxygen atoms in total. The molecule has 0 heterocycles. The number of rotatable bonds is 8. The molecule has 0 aromatic heterocycles. The second kappa shape index (κ2) is 8.06. The third-order valence-corrected chi connectivity index (χ3v) is 2.23. The minimum absolute atomic E-state index is 0.0616. The number of ether oxygens (including phenoxy) is 2. The van der Waals surface area contributed by atoms with Crippen molar-refractivity contribution < 1.29 is 24.0 Å². The largest absolute Gasteiger partial charge is 0.440 e. The zero-order valence-corrected chi connectivity index (χ0v) is 13.8. The van der Waals surface area contributed by atoms with Gasteiger partial charge in [0.2, 0.25) is 0 Å². The van der Waals surface area contributed by atoms with Crippen LogP contribution in [0, 0.1) is 17.9 Å². The zero-order valence-electron chi connectivity index (χ0n) is 13.8. The van der Waals surface area contributed by atoms with Crippen LogP contribution in [0.15, 0.2) is 12.2 Å². The van der Waals surface area contributed by atoms with E-state index in [-0.39, 0.29) is 17.6 Å². The molecule has 0 aromatic rings. The predicted octanol–water partition coefficient (Wildman–Crippen LogP) is 3.20. The van der Waals surface area contributed by atoms with Crippen molar-refractivity contribution in [1.29, 1.82) is 0 Å². The lowest BCUT2D eigenvalue weighted by molar-refractivity contribution is -0.418. The van der Waals surface area contributed by atoms with E-state index in [4.69, 9.17) is 25.7 Å². The standard InChI is InChI=1S/C16H26O5/c1-9-18-10-13(19-14(17)12(2)3)20-21-16(7,8)11-15(4,5)6/h1,13H,2,10-11H2,3-8H3. The summed E-state index contributed by atoms with van der Waals surface area (Å²) < 4.78 is 9.79. The fourth-order valence-corrected chi connectivity index (χ4v) is 1.91. The molecular formula is C16H26O5. The fourth-order valence-electron chi connectivity index (χ4n) is 1.91. The van der Waals surface area contributed by atoms with Crippen LogP contribution in [0.25, 0.3) is 0 Å². The number of hydrogen-bond acceptors (Lipinski definition) is 5. The molecule has 0 aromatic carbocycles. The molecule has 0 N–H and O–H groups in total. The Morgan fingerprint density at radius 1 is 1.29 bits per heavy atom. The Bertz CT molecular complexity index is 398. The van der Waals surface area contributed by atoms with Crippen molar-refractivity contribution in [3.63, 3.8) is 0 Å². The van der Waals surface area contributed by atoms with Crippen LogP contribution in [0.3, 0.4) is 0 Å². The van der Waals surface area contributed by atoms with Gasteiger partial charge in [-0.2, -0.15) is 4.89 Å². The van der Waals surface area contributed by atoms with E-state index in [0.29, 0.717) is 0 Å². The lowest BCUT2D eigenvalue weighted by Crippen LogP contribution is -2.35. The smallest absolute Gasteiger partial charge is 0.335 e. The van der Waals surface area contributed by atoms with Crippen LogP contribution in [0.1, 0.15) is 48.0 Å². The summed E-state index contributed by atoms with van der Waals surface area (Å²) in [5, 5.41) is 0. The molecule has 0 spiro atoms. The SMILES string of the molecule is C#COCC(OOC(C)(C)CC(C)(C)C)OC(=O)C(=C)C. The van der Waals surface area contributed by atoms with E-state index >= 15 is 0 Å². The monoisotopic (exact) mass is 298 g/mol. The van der Waals surface area contributed by atoms with Crippen LogP contribution in [-0.4, -0.2) is 24.5 Å². The highest BCUT2D eigenvalue weighted by atomic mass is 17.2. The van der Waals surface area contributed by atoms with Crippen LogP contribution in [0.2, 0.25) is 0 Å². The molecule has 0 aliphatic carbocycles. The lowest BCUT2D eigenvalue weighted by Gasteiger charge is -2.32. The Hall–Kier alpha value is -1.51. The van der Waals surface area contributed by atoms with E-state index in [1.807, 2.05) is 20.0 Å². The van der Waals surface area contributed by atoms with Gasteiger partial charge in [0, 0.05) is 5.57 Å². The van der Waals surface area contributed by atoms with Gasteiger partial charge >= 0.3 is 5.97 Å². The molecule has 21 heavy (non-hydrogen) atoms. The minimum Gasteiger partial charge on any atom is -0.440 e. The molecule has 0 aliphatic heterocycles. The molecule has 1 atom stereocenters. The Kier molecular flexibility index (Phi) is 7.48. The highest BCUT2D eigenvalue weighted by molar-refractivity contribution is 5.87. The Morgan fingerprint density at radius 3 is 2.29 bits per heavy atom. The van der Waals surface area contributed by atoms with Gasteiger partial charge in [-0.25, -0.2) is 9.68 Å².